The quantitative estimate of drug-likeness (QED) is 0.846. The van der Waals surface area contributed by atoms with Crippen molar-refractivity contribution < 1.29 is 21.6 Å². The smallest absolute Gasteiger partial charge is 0.284 e. The summed E-state index contributed by atoms with van der Waals surface area (Å²) in [5.74, 6) is -0.167. The molecule has 0 aliphatic rings. The van der Waals surface area contributed by atoms with Gasteiger partial charge in [0.2, 0.25) is 10.0 Å². The van der Waals surface area contributed by atoms with Crippen LogP contribution in [0.15, 0.2) is 18.2 Å². The Hall–Kier alpha value is -1.46. The molecule has 0 bridgehead atoms. The molecule has 1 aromatic carbocycles. The molecule has 0 aliphatic heterocycles. The van der Waals surface area contributed by atoms with Crippen LogP contribution in [-0.2, 0) is 16.2 Å². The lowest BCUT2D eigenvalue weighted by molar-refractivity contribution is -0.137. The number of nitrogens with zero attached hydrogens (tertiary/aromatic N) is 1. The number of hydrogen-bond acceptors (Lipinski definition) is 3. The molecule has 9 heteroatoms. The third kappa shape index (κ3) is 4.58. The Morgan fingerprint density at radius 1 is 1.35 bits per heavy atom. The van der Waals surface area contributed by atoms with Gasteiger partial charge in [0, 0.05) is 11.6 Å². The van der Waals surface area contributed by atoms with Gasteiger partial charge in [0.05, 0.1) is 22.9 Å². The number of alkyl halides is 4. The second-order valence-electron chi connectivity index (χ2n) is 3.83. The van der Waals surface area contributed by atoms with Gasteiger partial charge in [0.1, 0.15) is 0 Å². The summed E-state index contributed by atoms with van der Waals surface area (Å²) in [6.07, 6.45) is -4.55. The molecule has 20 heavy (non-hydrogen) atoms. The van der Waals surface area contributed by atoms with Crippen molar-refractivity contribution in [1.82, 2.24) is 0 Å². The summed E-state index contributed by atoms with van der Waals surface area (Å²) in [4.78, 5) is 0. The van der Waals surface area contributed by atoms with Gasteiger partial charge in [-0.3, -0.25) is 4.72 Å². The van der Waals surface area contributed by atoms with Crippen LogP contribution in [0.5, 0.6) is 0 Å². The first-order chi connectivity index (χ1) is 9.19. The highest BCUT2D eigenvalue weighted by Crippen LogP contribution is 2.33. The van der Waals surface area contributed by atoms with Crippen LogP contribution in [0.25, 0.3) is 0 Å². The molecule has 0 aliphatic carbocycles. The van der Waals surface area contributed by atoms with E-state index in [1.54, 1.807) is 0 Å². The van der Waals surface area contributed by atoms with Crippen molar-refractivity contribution in [3.63, 3.8) is 0 Å². The second kappa shape index (κ2) is 6.33. The Morgan fingerprint density at radius 2 is 2.00 bits per heavy atom. The predicted octanol–water partition coefficient (Wildman–Crippen LogP) is 2.95. The molecule has 110 valence electrons. The van der Waals surface area contributed by atoms with E-state index in [2.05, 4.69) is 0 Å². The van der Waals surface area contributed by atoms with Crippen LogP contribution in [-0.4, -0.2) is 20.1 Å². The molecule has 0 aromatic heterocycles. The predicted molar refractivity (Wildman–Crippen MR) is 68.9 cm³/mol. The van der Waals surface area contributed by atoms with E-state index < -0.39 is 27.3 Å². The van der Waals surface area contributed by atoms with E-state index in [4.69, 9.17) is 16.9 Å². The Morgan fingerprint density at radius 3 is 2.50 bits per heavy atom. The first-order valence-corrected chi connectivity index (χ1v) is 7.56. The van der Waals surface area contributed by atoms with Gasteiger partial charge in [-0.25, -0.2) is 8.42 Å². The standard InChI is InChI=1S/C11H10ClF3N2O2S/c12-4-1-5-20(18,19)17-9-3-2-8(7-16)10(6-9)11(13,14)15/h2-3,6,17H,1,4-5H2. The van der Waals surface area contributed by atoms with Crippen LogP contribution < -0.4 is 4.72 Å². The molecule has 0 saturated carbocycles. The molecule has 0 spiro atoms. The molecule has 0 unspecified atom stereocenters. The summed E-state index contributed by atoms with van der Waals surface area (Å²) in [5, 5.41) is 8.62. The Bertz CT molecular complexity index is 624. The van der Waals surface area contributed by atoms with Gasteiger partial charge in [-0.15, -0.1) is 11.6 Å². The topological polar surface area (TPSA) is 70.0 Å². The van der Waals surface area contributed by atoms with Gasteiger partial charge in [-0.05, 0) is 24.6 Å². The van der Waals surface area contributed by atoms with Crippen LogP contribution in [0, 0.1) is 11.3 Å². The summed E-state index contributed by atoms with van der Waals surface area (Å²) in [6.45, 7) is 0. The molecule has 4 nitrogen and oxygen atoms in total. The molecule has 1 aromatic rings. The zero-order chi connectivity index (χ0) is 15.4. The van der Waals surface area contributed by atoms with E-state index in [0.29, 0.717) is 6.07 Å². The lowest BCUT2D eigenvalue weighted by Gasteiger charge is -2.12. The van der Waals surface area contributed by atoms with Crippen LogP contribution in [0.1, 0.15) is 17.5 Å². The number of anilines is 1. The molecule has 0 fully saturated rings. The third-order valence-electron chi connectivity index (χ3n) is 2.27. The van der Waals surface area contributed by atoms with Crippen LogP contribution in [0.2, 0.25) is 0 Å². The summed E-state index contributed by atoms with van der Waals surface area (Å²) >= 11 is 5.36. The second-order valence-corrected chi connectivity index (χ2v) is 6.05. The van der Waals surface area contributed by atoms with Crippen LogP contribution in [0.3, 0.4) is 0 Å². The minimum Gasteiger partial charge on any atom is -0.284 e. The van der Waals surface area contributed by atoms with Gasteiger partial charge < -0.3 is 0 Å². The van der Waals surface area contributed by atoms with Crippen molar-refractivity contribution in [1.29, 1.82) is 5.26 Å². The largest absolute Gasteiger partial charge is 0.417 e. The van der Waals surface area contributed by atoms with E-state index in [1.165, 1.54) is 6.07 Å². The highest BCUT2D eigenvalue weighted by Gasteiger charge is 2.34. The normalized spacial score (nSPS) is 11.9. The zero-order valence-corrected chi connectivity index (χ0v) is 11.6. The third-order valence-corrected chi connectivity index (χ3v) is 3.91. The first kappa shape index (κ1) is 16.6. The van der Waals surface area contributed by atoms with E-state index in [9.17, 15) is 21.6 Å². The number of nitriles is 1. The number of hydrogen-bond donors (Lipinski definition) is 1. The number of rotatable bonds is 5. The maximum Gasteiger partial charge on any atom is 0.417 e. The van der Waals surface area contributed by atoms with Crippen molar-refractivity contribution in [2.45, 2.75) is 12.6 Å². The van der Waals surface area contributed by atoms with Crippen molar-refractivity contribution in [3.8, 4) is 6.07 Å². The van der Waals surface area contributed by atoms with Gasteiger partial charge in [0.15, 0.2) is 0 Å². The molecule has 0 heterocycles. The van der Waals surface area contributed by atoms with Crippen LogP contribution in [0.4, 0.5) is 18.9 Å². The number of sulfonamides is 1. The van der Waals surface area contributed by atoms with E-state index in [0.717, 1.165) is 12.1 Å². The summed E-state index contributed by atoms with van der Waals surface area (Å²) in [5.41, 5.74) is -2.00. The SMILES string of the molecule is N#Cc1ccc(NS(=O)(=O)CCCCl)cc1C(F)(F)F. The molecular weight excluding hydrogens is 317 g/mol. The van der Waals surface area contributed by atoms with Gasteiger partial charge >= 0.3 is 6.18 Å². The number of halogens is 4. The molecule has 0 radical (unpaired) electrons. The van der Waals surface area contributed by atoms with Crippen molar-refractivity contribution in [2.75, 3.05) is 16.4 Å². The Balaban J connectivity index is 3.08. The molecule has 0 saturated heterocycles. The van der Waals surface area contributed by atoms with E-state index in [-0.39, 0.29) is 23.7 Å². The average Bonchev–Trinajstić information content (AvgIpc) is 2.35. The summed E-state index contributed by atoms with van der Waals surface area (Å²) in [7, 11) is -3.76. The minimum atomic E-state index is -4.73. The molecular formula is C11H10ClF3N2O2S. The monoisotopic (exact) mass is 326 g/mol. The lowest BCUT2D eigenvalue weighted by atomic mass is 10.1. The zero-order valence-electron chi connectivity index (χ0n) is 10.0. The highest BCUT2D eigenvalue weighted by molar-refractivity contribution is 7.92. The molecule has 1 rings (SSSR count). The van der Waals surface area contributed by atoms with Gasteiger partial charge in [0.25, 0.3) is 0 Å². The van der Waals surface area contributed by atoms with Gasteiger partial charge in [-0.1, -0.05) is 0 Å². The average molecular weight is 327 g/mol. The van der Waals surface area contributed by atoms with Crippen LogP contribution >= 0.6 is 11.6 Å². The Labute approximate surface area is 119 Å². The molecule has 0 atom stereocenters. The van der Waals surface area contributed by atoms with Crippen molar-refractivity contribution >= 4 is 27.3 Å². The lowest BCUT2D eigenvalue weighted by Crippen LogP contribution is -2.18. The number of benzene rings is 1. The van der Waals surface area contributed by atoms with Crippen molar-refractivity contribution in [2.24, 2.45) is 0 Å². The van der Waals surface area contributed by atoms with Crippen molar-refractivity contribution in [3.05, 3.63) is 29.3 Å². The van der Waals surface area contributed by atoms with E-state index in [1.807, 2.05) is 4.72 Å². The fourth-order valence-electron chi connectivity index (χ4n) is 1.41. The maximum absolute atomic E-state index is 12.7. The Kier molecular flexibility index (Phi) is 5.25. The summed E-state index contributed by atoms with van der Waals surface area (Å²) in [6, 6.07) is 4.03. The minimum absolute atomic E-state index is 0.127. The fourth-order valence-corrected chi connectivity index (χ4v) is 2.82. The first-order valence-electron chi connectivity index (χ1n) is 5.37. The fraction of sp³-hybridized carbons (Fsp3) is 0.364. The summed E-state index contributed by atoms with van der Waals surface area (Å²) < 4.78 is 63.3. The van der Waals surface area contributed by atoms with E-state index >= 15 is 0 Å². The molecule has 1 N–H and O–H groups in total. The molecule has 0 amide bonds. The maximum atomic E-state index is 12.7. The number of nitrogens with one attached hydrogen (secondary N) is 1. The van der Waals surface area contributed by atoms with Gasteiger partial charge in [-0.2, -0.15) is 18.4 Å². The highest BCUT2D eigenvalue weighted by atomic mass is 35.5.